The molecule has 0 aliphatic heterocycles. The molecule has 164 valence electrons. The van der Waals surface area contributed by atoms with Crippen LogP contribution in [0.2, 0.25) is 0 Å². The van der Waals surface area contributed by atoms with Crippen molar-refractivity contribution in [2.45, 2.75) is 6.92 Å². The molecule has 0 atom stereocenters. The first-order valence-electron chi connectivity index (χ1n) is 10.2. The van der Waals surface area contributed by atoms with Crippen molar-refractivity contribution < 1.29 is 14.3 Å². The number of ether oxygens (including phenoxy) is 2. The third-order valence-electron chi connectivity index (χ3n) is 4.95. The Hall–Kier alpha value is -3.91. The van der Waals surface area contributed by atoms with Gasteiger partial charge >= 0.3 is 0 Å². The molecule has 4 aromatic rings. The summed E-state index contributed by atoms with van der Waals surface area (Å²) in [5, 5.41) is 6.09. The van der Waals surface area contributed by atoms with E-state index in [1.165, 1.54) is 5.56 Å². The van der Waals surface area contributed by atoms with Gasteiger partial charge in [0.05, 0.1) is 17.6 Å². The average molecular weight is 431 g/mol. The number of nitrogens with one attached hydrogen (secondary N) is 2. The number of imidazole rings is 1. The minimum absolute atomic E-state index is 0.278. The van der Waals surface area contributed by atoms with Crippen molar-refractivity contribution in [2.24, 2.45) is 7.05 Å². The summed E-state index contributed by atoms with van der Waals surface area (Å²) >= 11 is 0. The summed E-state index contributed by atoms with van der Waals surface area (Å²) in [6.45, 7) is 2.91. The van der Waals surface area contributed by atoms with Gasteiger partial charge in [-0.2, -0.15) is 0 Å². The number of aromatic nitrogens is 3. The van der Waals surface area contributed by atoms with Gasteiger partial charge in [0.25, 0.3) is 5.91 Å². The van der Waals surface area contributed by atoms with E-state index in [1.54, 1.807) is 25.4 Å². The number of pyridine rings is 1. The first kappa shape index (κ1) is 21.3. The lowest BCUT2D eigenvalue weighted by atomic mass is 10.2. The summed E-state index contributed by atoms with van der Waals surface area (Å²) in [4.78, 5) is 21.0. The number of carbonyl (C=O) groups is 1. The van der Waals surface area contributed by atoms with E-state index in [0.717, 1.165) is 22.7 Å². The van der Waals surface area contributed by atoms with Crippen LogP contribution in [0.4, 0.5) is 11.6 Å². The quantitative estimate of drug-likeness (QED) is 0.407. The summed E-state index contributed by atoms with van der Waals surface area (Å²) in [6.07, 6.45) is 1.55. The van der Waals surface area contributed by atoms with E-state index in [-0.39, 0.29) is 11.6 Å². The van der Waals surface area contributed by atoms with Crippen molar-refractivity contribution in [3.63, 3.8) is 0 Å². The van der Waals surface area contributed by atoms with Crippen molar-refractivity contribution in [1.29, 1.82) is 0 Å². The molecule has 4 rings (SSSR count). The van der Waals surface area contributed by atoms with Crippen molar-refractivity contribution in [3.05, 3.63) is 72.1 Å². The predicted octanol–water partition coefficient (Wildman–Crippen LogP) is 4.19. The monoisotopic (exact) mass is 431 g/mol. The molecule has 0 unspecified atom stereocenters. The minimum atomic E-state index is -0.278. The van der Waals surface area contributed by atoms with Crippen LogP contribution in [0.1, 0.15) is 16.1 Å². The molecule has 0 saturated heterocycles. The van der Waals surface area contributed by atoms with Crippen LogP contribution >= 0.6 is 0 Å². The van der Waals surface area contributed by atoms with E-state index in [2.05, 4.69) is 34.7 Å². The molecule has 2 aromatic carbocycles. The van der Waals surface area contributed by atoms with Gasteiger partial charge in [0.2, 0.25) is 5.95 Å². The van der Waals surface area contributed by atoms with Gasteiger partial charge < -0.3 is 24.7 Å². The van der Waals surface area contributed by atoms with Crippen LogP contribution in [0.15, 0.2) is 60.8 Å². The molecule has 0 saturated carbocycles. The number of nitrogens with zero attached hydrogens (tertiary/aromatic N) is 3. The zero-order chi connectivity index (χ0) is 22.5. The lowest BCUT2D eigenvalue weighted by Gasteiger charge is -2.08. The van der Waals surface area contributed by atoms with Gasteiger partial charge in [-0.05, 0) is 37.3 Å². The van der Waals surface area contributed by atoms with E-state index in [0.29, 0.717) is 24.7 Å². The van der Waals surface area contributed by atoms with Crippen molar-refractivity contribution in [1.82, 2.24) is 19.9 Å². The topological polar surface area (TPSA) is 90.3 Å². The summed E-state index contributed by atoms with van der Waals surface area (Å²) in [7, 11) is 3.54. The molecule has 8 nitrogen and oxygen atoms in total. The number of aryl methyl sites for hydroxylation is 2. The zero-order valence-corrected chi connectivity index (χ0v) is 18.3. The van der Waals surface area contributed by atoms with Gasteiger partial charge in [0.1, 0.15) is 17.2 Å². The molecule has 0 bridgehead atoms. The number of amides is 1. The fourth-order valence-electron chi connectivity index (χ4n) is 3.21. The van der Waals surface area contributed by atoms with Crippen LogP contribution in [-0.2, 0) is 11.8 Å². The minimum Gasteiger partial charge on any atom is -0.457 e. The molecule has 32 heavy (non-hydrogen) atoms. The van der Waals surface area contributed by atoms with E-state index in [4.69, 9.17) is 14.5 Å². The average Bonchev–Trinajstić information content (AvgIpc) is 3.10. The number of rotatable bonds is 8. The van der Waals surface area contributed by atoms with Crippen molar-refractivity contribution in [2.75, 3.05) is 25.6 Å². The summed E-state index contributed by atoms with van der Waals surface area (Å²) in [5.41, 5.74) is 4.22. The molecule has 0 fully saturated rings. The molecule has 8 heteroatoms. The first-order valence-corrected chi connectivity index (χ1v) is 10.2. The second-order valence-electron chi connectivity index (χ2n) is 7.36. The number of carbonyl (C=O) groups excluding carboxylic acids is 1. The Morgan fingerprint density at radius 3 is 2.62 bits per heavy atom. The highest BCUT2D eigenvalue weighted by atomic mass is 16.5. The third kappa shape index (κ3) is 4.87. The van der Waals surface area contributed by atoms with Gasteiger partial charge in [-0.3, -0.25) is 9.78 Å². The van der Waals surface area contributed by atoms with Gasteiger partial charge in [-0.15, -0.1) is 0 Å². The van der Waals surface area contributed by atoms with Gasteiger partial charge in [-0.1, -0.05) is 17.7 Å². The molecule has 0 spiro atoms. The number of fused-ring (bicyclic) bond motifs is 1. The van der Waals surface area contributed by atoms with E-state index < -0.39 is 0 Å². The molecule has 1 amide bonds. The largest absolute Gasteiger partial charge is 0.457 e. The number of hydrogen-bond acceptors (Lipinski definition) is 6. The Morgan fingerprint density at radius 1 is 1.06 bits per heavy atom. The van der Waals surface area contributed by atoms with Gasteiger partial charge in [0.15, 0.2) is 0 Å². The van der Waals surface area contributed by atoms with E-state index in [1.807, 2.05) is 41.9 Å². The molecule has 0 aliphatic carbocycles. The van der Waals surface area contributed by atoms with Crippen molar-refractivity contribution >= 4 is 28.6 Å². The maximum atomic E-state index is 12.2. The Morgan fingerprint density at radius 2 is 1.84 bits per heavy atom. The second-order valence-corrected chi connectivity index (χ2v) is 7.36. The van der Waals surface area contributed by atoms with Crippen LogP contribution in [0.25, 0.3) is 11.0 Å². The highest BCUT2D eigenvalue weighted by Crippen LogP contribution is 2.28. The lowest BCUT2D eigenvalue weighted by molar-refractivity contribution is 0.0932. The maximum Gasteiger partial charge on any atom is 0.270 e. The standard InChI is InChI=1S/C24H25N5O3/c1-16-4-6-17(7-5-16)27-24-28-20-14-18(8-9-22(20)29(24)2)32-19-10-11-25-21(15-19)23(30)26-12-13-31-3/h4-11,14-15H,12-13H2,1-3H3,(H,26,30)(H,27,28). The maximum absolute atomic E-state index is 12.2. The predicted molar refractivity (Wildman–Crippen MR) is 124 cm³/mol. The Labute approximate surface area is 186 Å². The zero-order valence-electron chi connectivity index (χ0n) is 18.3. The lowest BCUT2D eigenvalue weighted by Crippen LogP contribution is -2.27. The van der Waals surface area contributed by atoms with Crippen LogP contribution in [-0.4, -0.2) is 40.7 Å². The molecule has 2 N–H and O–H groups in total. The molecule has 2 heterocycles. The molecule has 0 radical (unpaired) electrons. The van der Waals surface area contributed by atoms with Crippen LogP contribution in [0.5, 0.6) is 11.5 Å². The smallest absolute Gasteiger partial charge is 0.270 e. The molecular weight excluding hydrogens is 406 g/mol. The number of hydrogen-bond donors (Lipinski definition) is 2. The summed E-state index contributed by atoms with van der Waals surface area (Å²) in [6, 6.07) is 17.2. The second kappa shape index (κ2) is 9.49. The first-order chi connectivity index (χ1) is 15.5. The van der Waals surface area contributed by atoms with Crippen LogP contribution < -0.4 is 15.4 Å². The number of benzene rings is 2. The van der Waals surface area contributed by atoms with Gasteiger partial charge in [0, 0.05) is 44.7 Å². The fraction of sp³-hybridized carbons (Fsp3) is 0.208. The SMILES string of the molecule is COCCNC(=O)c1cc(Oc2ccc3c(c2)nc(Nc2ccc(C)cc2)n3C)ccn1. The molecule has 0 aliphatic rings. The molecular formula is C24H25N5O3. The van der Waals surface area contributed by atoms with Gasteiger partial charge in [-0.25, -0.2) is 4.98 Å². The van der Waals surface area contributed by atoms with Crippen LogP contribution in [0, 0.1) is 6.92 Å². The van der Waals surface area contributed by atoms with Crippen LogP contribution in [0.3, 0.4) is 0 Å². The van der Waals surface area contributed by atoms with Crippen molar-refractivity contribution in [3.8, 4) is 11.5 Å². The summed E-state index contributed by atoms with van der Waals surface area (Å²) < 4.78 is 12.9. The number of anilines is 2. The highest BCUT2D eigenvalue weighted by molar-refractivity contribution is 5.92. The Bertz CT molecular complexity index is 1230. The summed E-state index contributed by atoms with van der Waals surface area (Å²) in [5.74, 6) is 1.60. The third-order valence-corrected chi connectivity index (χ3v) is 4.95. The number of methoxy groups -OCH3 is 1. The Kier molecular flexibility index (Phi) is 6.32. The fourth-order valence-corrected chi connectivity index (χ4v) is 3.21. The van der Waals surface area contributed by atoms with E-state index >= 15 is 0 Å². The normalized spacial score (nSPS) is 10.8. The highest BCUT2D eigenvalue weighted by Gasteiger charge is 2.11. The molecule has 2 aromatic heterocycles. The Balaban J connectivity index is 1.51. The van der Waals surface area contributed by atoms with E-state index in [9.17, 15) is 4.79 Å².